The summed E-state index contributed by atoms with van der Waals surface area (Å²) in [4.78, 5) is 0. The van der Waals surface area contributed by atoms with E-state index in [1.165, 1.54) is 19.2 Å². The molecule has 0 saturated carbocycles. The van der Waals surface area contributed by atoms with Crippen LogP contribution in [0, 0.1) is 5.82 Å². The highest BCUT2D eigenvalue weighted by molar-refractivity contribution is 5.52. The molecule has 0 unspecified atom stereocenters. The Labute approximate surface area is 69.9 Å². The van der Waals surface area contributed by atoms with E-state index in [1.807, 2.05) is 0 Å². The molecule has 0 spiro atoms. The highest BCUT2D eigenvalue weighted by atomic mass is 19.1. The van der Waals surface area contributed by atoms with Crippen molar-refractivity contribution in [2.45, 2.75) is 0 Å². The van der Waals surface area contributed by atoms with Crippen LogP contribution in [0.4, 0.5) is 10.1 Å². The Kier molecular flexibility index (Phi) is 2.88. The number of nitrogen functional groups attached to an aromatic ring is 1. The molecule has 0 atom stereocenters. The number of rotatable bonds is 3. The second kappa shape index (κ2) is 3.92. The van der Waals surface area contributed by atoms with Crippen LogP contribution in [0.3, 0.4) is 0 Å². The summed E-state index contributed by atoms with van der Waals surface area (Å²) < 4.78 is 22.4. The standard InChI is InChI=1S/C8H10FNO2/c1-11-5-12-8-6(9)3-2-4-7(8)10/h2-4H,5,10H2,1H3. The molecule has 0 fully saturated rings. The van der Waals surface area contributed by atoms with E-state index in [4.69, 9.17) is 10.5 Å². The summed E-state index contributed by atoms with van der Waals surface area (Å²) in [6, 6.07) is 4.36. The lowest BCUT2D eigenvalue weighted by Gasteiger charge is -2.07. The van der Waals surface area contributed by atoms with Crippen molar-refractivity contribution < 1.29 is 13.9 Å². The molecule has 3 nitrogen and oxygen atoms in total. The lowest BCUT2D eigenvalue weighted by Crippen LogP contribution is -2.03. The van der Waals surface area contributed by atoms with E-state index >= 15 is 0 Å². The van der Waals surface area contributed by atoms with Gasteiger partial charge >= 0.3 is 0 Å². The van der Waals surface area contributed by atoms with Crippen LogP contribution in [0.1, 0.15) is 0 Å². The van der Waals surface area contributed by atoms with E-state index in [1.54, 1.807) is 6.07 Å². The van der Waals surface area contributed by atoms with Crippen LogP contribution in [0.15, 0.2) is 18.2 Å². The van der Waals surface area contributed by atoms with E-state index in [0.29, 0.717) is 0 Å². The maximum atomic E-state index is 12.9. The fourth-order valence-corrected chi connectivity index (χ4v) is 0.796. The minimum absolute atomic E-state index is 0.00880. The van der Waals surface area contributed by atoms with Crippen LogP contribution in [0.2, 0.25) is 0 Å². The SMILES string of the molecule is COCOc1c(N)cccc1F. The Morgan fingerprint density at radius 2 is 2.25 bits per heavy atom. The molecule has 0 amide bonds. The van der Waals surface area contributed by atoms with Crippen molar-refractivity contribution in [3.8, 4) is 5.75 Å². The van der Waals surface area contributed by atoms with E-state index < -0.39 is 5.82 Å². The predicted octanol–water partition coefficient (Wildman–Crippen LogP) is 1.39. The molecule has 0 radical (unpaired) electrons. The van der Waals surface area contributed by atoms with Crippen molar-refractivity contribution in [2.24, 2.45) is 0 Å². The lowest BCUT2D eigenvalue weighted by molar-refractivity contribution is 0.0489. The number of nitrogens with two attached hydrogens (primary N) is 1. The van der Waals surface area contributed by atoms with Crippen molar-refractivity contribution in [2.75, 3.05) is 19.6 Å². The van der Waals surface area contributed by atoms with E-state index in [2.05, 4.69) is 4.74 Å². The minimum atomic E-state index is -0.480. The molecule has 0 aliphatic carbocycles. The van der Waals surface area contributed by atoms with Gasteiger partial charge in [-0.1, -0.05) is 6.07 Å². The van der Waals surface area contributed by atoms with Crippen LogP contribution >= 0.6 is 0 Å². The van der Waals surface area contributed by atoms with Crippen molar-refractivity contribution in [3.05, 3.63) is 24.0 Å². The number of para-hydroxylation sites is 1. The predicted molar refractivity (Wildman–Crippen MR) is 43.3 cm³/mol. The monoisotopic (exact) mass is 171 g/mol. The molecule has 0 aliphatic rings. The molecule has 0 aromatic heterocycles. The highest BCUT2D eigenvalue weighted by Gasteiger charge is 2.05. The van der Waals surface area contributed by atoms with Crippen molar-refractivity contribution in [1.29, 1.82) is 0 Å². The van der Waals surface area contributed by atoms with Gasteiger partial charge in [0.2, 0.25) is 0 Å². The molecule has 12 heavy (non-hydrogen) atoms. The Balaban J connectivity index is 2.81. The van der Waals surface area contributed by atoms with Crippen molar-refractivity contribution in [3.63, 3.8) is 0 Å². The van der Waals surface area contributed by atoms with Crippen molar-refractivity contribution in [1.82, 2.24) is 0 Å². The van der Waals surface area contributed by atoms with E-state index in [9.17, 15) is 4.39 Å². The first kappa shape index (κ1) is 8.80. The van der Waals surface area contributed by atoms with Gasteiger partial charge in [0.15, 0.2) is 18.4 Å². The van der Waals surface area contributed by atoms with Gasteiger partial charge in [-0.25, -0.2) is 4.39 Å². The van der Waals surface area contributed by atoms with Gasteiger partial charge in [-0.2, -0.15) is 0 Å². The lowest BCUT2D eigenvalue weighted by atomic mass is 10.3. The summed E-state index contributed by atoms with van der Waals surface area (Å²) in [6.07, 6.45) is 0. The number of hydrogen-bond acceptors (Lipinski definition) is 3. The van der Waals surface area contributed by atoms with Crippen LogP contribution in [-0.2, 0) is 4.74 Å². The number of benzene rings is 1. The van der Waals surface area contributed by atoms with Gasteiger partial charge in [0.1, 0.15) is 0 Å². The number of anilines is 1. The number of ether oxygens (including phenoxy) is 2. The highest BCUT2D eigenvalue weighted by Crippen LogP contribution is 2.24. The normalized spacial score (nSPS) is 9.83. The van der Waals surface area contributed by atoms with Crippen LogP contribution in [-0.4, -0.2) is 13.9 Å². The molecule has 0 saturated heterocycles. The second-order valence-electron chi connectivity index (χ2n) is 2.21. The van der Waals surface area contributed by atoms with Gasteiger partial charge in [-0.05, 0) is 12.1 Å². The van der Waals surface area contributed by atoms with Gasteiger partial charge in [0.05, 0.1) is 5.69 Å². The van der Waals surface area contributed by atoms with Gasteiger partial charge in [0, 0.05) is 7.11 Å². The summed E-state index contributed by atoms with van der Waals surface area (Å²) in [7, 11) is 1.46. The summed E-state index contributed by atoms with van der Waals surface area (Å²) >= 11 is 0. The molecular weight excluding hydrogens is 161 g/mol. The molecule has 1 aromatic carbocycles. The van der Waals surface area contributed by atoms with Crippen LogP contribution in [0.5, 0.6) is 5.75 Å². The Hall–Kier alpha value is -1.29. The van der Waals surface area contributed by atoms with Gasteiger partial charge in [-0.15, -0.1) is 0 Å². The van der Waals surface area contributed by atoms with Gasteiger partial charge < -0.3 is 15.2 Å². The third-order valence-corrected chi connectivity index (χ3v) is 1.32. The van der Waals surface area contributed by atoms with Gasteiger partial charge in [-0.3, -0.25) is 0 Å². The molecule has 2 N–H and O–H groups in total. The molecule has 1 rings (SSSR count). The van der Waals surface area contributed by atoms with Crippen molar-refractivity contribution >= 4 is 5.69 Å². The Morgan fingerprint density at radius 1 is 1.50 bits per heavy atom. The van der Waals surface area contributed by atoms with Gasteiger partial charge in [0.25, 0.3) is 0 Å². The maximum absolute atomic E-state index is 12.9. The summed E-state index contributed by atoms with van der Waals surface area (Å²) in [5.41, 5.74) is 5.71. The molecule has 0 bridgehead atoms. The third-order valence-electron chi connectivity index (χ3n) is 1.32. The molecule has 1 aromatic rings. The summed E-state index contributed by atoms with van der Waals surface area (Å²) in [5.74, 6) is -0.439. The largest absolute Gasteiger partial charge is 0.462 e. The smallest absolute Gasteiger partial charge is 0.188 e. The topological polar surface area (TPSA) is 44.5 Å². The number of halogens is 1. The molecule has 0 aliphatic heterocycles. The third kappa shape index (κ3) is 1.85. The van der Waals surface area contributed by atoms with Crippen LogP contribution in [0.25, 0.3) is 0 Å². The zero-order chi connectivity index (χ0) is 8.97. The van der Waals surface area contributed by atoms with E-state index in [0.717, 1.165) is 0 Å². The number of hydrogen-bond donors (Lipinski definition) is 1. The summed E-state index contributed by atoms with van der Waals surface area (Å²) in [6.45, 7) is -0.00880. The Morgan fingerprint density at radius 3 is 2.83 bits per heavy atom. The first-order valence-corrected chi connectivity index (χ1v) is 3.41. The quantitative estimate of drug-likeness (QED) is 0.552. The fraction of sp³-hybridized carbons (Fsp3) is 0.250. The molecule has 4 heteroatoms. The van der Waals surface area contributed by atoms with Crippen LogP contribution < -0.4 is 10.5 Å². The first-order valence-electron chi connectivity index (χ1n) is 3.41. The summed E-state index contributed by atoms with van der Waals surface area (Å²) in [5, 5.41) is 0. The fourth-order valence-electron chi connectivity index (χ4n) is 0.796. The van der Waals surface area contributed by atoms with E-state index in [-0.39, 0.29) is 18.2 Å². The Bertz CT molecular complexity index is 245. The maximum Gasteiger partial charge on any atom is 0.188 e. The minimum Gasteiger partial charge on any atom is -0.462 e. The second-order valence-corrected chi connectivity index (χ2v) is 2.21. The zero-order valence-electron chi connectivity index (χ0n) is 6.71. The average Bonchev–Trinajstić information content (AvgIpc) is 2.04. The molecule has 66 valence electrons. The molecule has 0 heterocycles. The number of methoxy groups -OCH3 is 1. The first-order chi connectivity index (χ1) is 5.75. The average molecular weight is 171 g/mol. The zero-order valence-corrected chi connectivity index (χ0v) is 6.71. The molecular formula is C8H10FNO2.